The maximum Gasteiger partial charge on any atom is 0.301 e. The number of anilines is 1. The Morgan fingerprint density at radius 2 is 1.84 bits per heavy atom. The van der Waals surface area contributed by atoms with Crippen molar-refractivity contribution >= 4 is 55.7 Å². The van der Waals surface area contributed by atoms with Gasteiger partial charge in [0.25, 0.3) is 5.78 Å². The number of ketones is 1. The fourth-order valence-electron chi connectivity index (χ4n) is 5.55. The SMILES string of the molecule is C[C@H]1Cc2cc(C(O)=C3C(=O)C(=O)N(c4nc5ccc(Cl)cc5s4)[C@H]3c3ccc(OCc4ccccc4)cc3)ccc2O1. The lowest BCUT2D eigenvalue weighted by Crippen LogP contribution is -2.29. The van der Waals surface area contributed by atoms with Crippen molar-refractivity contribution in [1.29, 1.82) is 0 Å². The largest absolute Gasteiger partial charge is 0.507 e. The zero-order valence-electron chi connectivity index (χ0n) is 23.0. The summed E-state index contributed by atoms with van der Waals surface area (Å²) in [5, 5.41) is 12.5. The van der Waals surface area contributed by atoms with E-state index in [-0.39, 0.29) is 17.4 Å². The van der Waals surface area contributed by atoms with Gasteiger partial charge in [0, 0.05) is 17.0 Å². The Labute approximate surface area is 256 Å². The normalized spacial score (nSPS) is 19.1. The fourth-order valence-corrected chi connectivity index (χ4v) is 6.81. The summed E-state index contributed by atoms with van der Waals surface area (Å²) in [6.07, 6.45) is 0.709. The smallest absolute Gasteiger partial charge is 0.301 e. The van der Waals surface area contributed by atoms with Crippen LogP contribution in [0.3, 0.4) is 0 Å². The second-order valence-electron chi connectivity index (χ2n) is 10.6. The molecule has 1 amide bonds. The summed E-state index contributed by atoms with van der Waals surface area (Å²) < 4.78 is 12.6. The van der Waals surface area contributed by atoms with Crippen LogP contribution in [0.15, 0.2) is 96.6 Å². The molecule has 0 unspecified atom stereocenters. The van der Waals surface area contributed by atoms with E-state index in [0.29, 0.717) is 45.6 Å². The number of carbonyl (C=O) groups excluding carboxylic acids is 2. The number of benzene rings is 4. The van der Waals surface area contributed by atoms with Crippen LogP contribution in [0.4, 0.5) is 5.13 Å². The number of thiazole rings is 1. The van der Waals surface area contributed by atoms with Gasteiger partial charge in [0.05, 0.1) is 21.8 Å². The van der Waals surface area contributed by atoms with Crippen molar-refractivity contribution in [2.75, 3.05) is 4.90 Å². The predicted octanol–water partition coefficient (Wildman–Crippen LogP) is 7.48. The van der Waals surface area contributed by atoms with Crippen LogP contribution in [0, 0.1) is 0 Å². The Morgan fingerprint density at radius 1 is 1.05 bits per heavy atom. The number of halogens is 1. The molecule has 43 heavy (non-hydrogen) atoms. The van der Waals surface area contributed by atoms with Crippen LogP contribution in [0.2, 0.25) is 5.02 Å². The minimum Gasteiger partial charge on any atom is -0.507 e. The lowest BCUT2D eigenvalue weighted by Gasteiger charge is -2.23. The monoisotopic (exact) mass is 608 g/mol. The molecule has 7 nitrogen and oxygen atoms in total. The molecule has 2 aliphatic rings. The van der Waals surface area contributed by atoms with Crippen molar-refractivity contribution in [2.45, 2.75) is 32.1 Å². The van der Waals surface area contributed by atoms with E-state index in [2.05, 4.69) is 4.98 Å². The molecule has 1 N–H and O–H groups in total. The van der Waals surface area contributed by atoms with Crippen molar-refractivity contribution < 1.29 is 24.2 Å². The van der Waals surface area contributed by atoms with E-state index in [0.717, 1.165) is 21.6 Å². The van der Waals surface area contributed by atoms with Crippen LogP contribution < -0.4 is 14.4 Å². The topological polar surface area (TPSA) is 89.0 Å². The van der Waals surface area contributed by atoms with Crippen molar-refractivity contribution in [3.05, 3.63) is 124 Å². The molecule has 7 rings (SSSR count). The maximum absolute atomic E-state index is 13.7. The van der Waals surface area contributed by atoms with Gasteiger partial charge in [-0.2, -0.15) is 0 Å². The highest BCUT2D eigenvalue weighted by molar-refractivity contribution is 7.22. The molecule has 0 saturated carbocycles. The summed E-state index contributed by atoms with van der Waals surface area (Å²) in [5.41, 5.74) is 3.69. The first-order valence-corrected chi connectivity index (χ1v) is 15.0. The third-order valence-corrected chi connectivity index (χ3v) is 8.86. The Balaban J connectivity index is 1.31. The average molecular weight is 609 g/mol. The standard InChI is InChI=1S/C34H25ClN2O5S/c1-19-15-23-16-22(9-14-27(23)42-19)31(38)29-30(21-7-11-25(12-8-21)41-18-20-5-3-2-4-6-20)37(33(40)32(29)39)34-36-26-13-10-24(35)17-28(26)43-34/h2-14,16-17,19,30,38H,15,18H2,1H3/t19-,30-/m0/s1. The second kappa shape index (κ2) is 10.9. The van der Waals surface area contributed by atoms with Crippen molar-refractivity contribution in [2.24, 2.45) is 0 Å². The van der Waals surface area contributed by atoms with Gasteiger partial charge < -0.3 is 14.6 Å². The van der Waals surface area contributed by atoms with Crippen LogP contribution in [-0.2, 0) is 22.6 Å². The van der Waals surface area contributed by atoms with Gasteiger partial charge >= 0.3 is 5.91 Å². The summed E-state index contributed by atoms with van der Waals surface area (Å²) >= 11 is 7.47. The Hall–Kier alpha value is -4.66. The Bertz CT molecular complexity index is 1920. The van der Waals surface area contributed by atoms with Gasteiger partial charge in [-0.15, -0.1) is 0 Å². The molecule has 1 saturated heterocycles. The van der Waals surface area contributed by atoms with Crippen LogP contribution >= 0.6 is 22.9 Å². The van der Waals surface area contributed by atoms with E-state index < -0.39 is 17.7 Å². The molecule has 5 aromatic rings. The second-order valence-corrected chi connectivity index (χ2v) is 12.0. The number of rotatable bonds is 6. The molecule has 4 aromatic carbocycles. The number of hydrogen-bond donors (Lipinski definition) is 1. The molecular weight excluding hydrogens is 584 g/mol. The van der Waals surface area contributed by atoms with Gasteiger partial charge in [-0.1, -0.05) is 65.4 Å². The minimum atomic E-state index is -0.914. The summed E-state index contributed by atoms with van der Waals surface area (Å²) in [7, 11) is 0. The van der Waals surface area contributed by atoms with Gasteiger partial charge in [0.15, 0.2) is 5.13 Å². The molecule has 2 atom stereocenters. The van der Waals surface area contributed by atoms with Crippen LogP contribution in [0.25, 0.3) is 16.0 Å². The summed E-state index contributed by atoms with van der Waals surface area (Å²) in [6, 6.07) is 26.7. The fraction of sp³-hybridized carbons (Fsp3) is 0.147. The first-order valence-electron chi connectivity index (χ1n) is 13.8. The average Bonchev–Trinajstić information content (AvgIpc) is 3.68. The number of aromatic nitrogens is 1. The molecule has 0 aliphatic carbocycles. The quantitative estimate of drug-likeness (QED) is 0.122. The molecule has 1 aromatic heterocycles. The Morgan fingerprint density at radius 3 is 2.63 bits per heavy atom. The number of aliphatic hydroxyl groups is 1. The van der Waals surface area contributed by atoms with Crippen molar-refractivity contribution in [3.8, 4) is 11.5 Å². The third-order valence-electron chi connectivity index (χ3n) is 7.60. The highest BCUT2D eigenvalue weighted by atomic mass is 35.5. The number of hydrogen-bond acceptors (Lipinski definition) is 7. The molecule has 1 fully saturated rings. The van der Waals surface area contributed by atoms with Gasteiger partial charge in [-0.3, -0.25) is 14.5 Å². The third kappa shape index (κ3) is 5.02. The first-order chi connectivity index (χ1) is 20.9. The van der Waals surface area contributed by atoms with E-state index in [4.69, 9.17) is 21.1 Å². The number of carbonyl (C=O) groups is 2. The number of Topliss-reactive ketones (excluding diaryl/α,β-unsaturated/α-hetero) is 1. The molecule has 0 radical (unpaired) electrons. The zero-order valence-corrected chi connectivity index (χ0v) is 24.6. The number of ether oxygens (including phenoxy) is 2. The van der Waals surface area contributed by atoms with E-state index >= 15 is 0 Å². The summed E-state index contributed by atoms with van der Waals surface area (Å²) in [6.45, 7) is 2.37. The van der Waals surface area contributed by atoms with Crippen LogP contribution in [-0.4, -0.2) is 27.9 Å². The summed E-state index contributed by atoms with van der Waals surface area (Å²) in [4.78, 5) is 33.4. The molecular formula is C34H25ClN2O5S. The van der Waals surface area contributed by atoms with Crippen molar-refractivity contribution in [1.82, 2.24) is 4.98 Å². The lowest BCUT2D eigenvalue weighted by atomic mass is 9.94. The van der Waals surface area contributed by atoms with Gasteiger partial charge in [-0.05, 0) is 72.1 Å². The Kier molecular flexibility index (Phi) is 6.88. The lowest BCUT2D eigenvalue weighted by molar-refractivity contribution is -0.132. The van der Waals surface area contributed by atoms with Gasteiger partial charge in [0.1, 0.15) is 30.0 Å². The van der Waals surface area contributed by atoms with E-state index in [1.165, 1.54) is 16.2 Å². The molecule has 0 bridgehead atoms. The number of amides is 1. The van der Waals surface area contributed by atoms with Crippen LogP contribution in [0.5, 0.6) is 11.5 Å². The highest BCUT2D eigenvalue weighted by Gasteiger charge is 2.48. The molecule has 2 aliphatic heterocycles. The maximum atomic E-state index is 13.7. The van der Waals surface area contributed by atoms with Gasteiger partial charge in [-0.25, -0.2) is 4.98 Å². The number of nitrogens with zero attached hydrogens (tertiary/aromatic N) is 2. The number of aliphatic hydroxyl groups excluding tert-OH is 1. The zero-order chi connectivity index (χ0) is 29.7. The molecule has 3 heterocycles. The predicted molar refractivity (Wildman–Crippen MR) is 167 cm³/mol. The molecule has 0 spiro atoms. The number of fused-ring (bicyclic) bond motifs is 2. The van der Waals surface area contributed by atoms with E-state index in [9.17, 15) is 14.7 Å². The van der Waals surface area contributed by atoms with E-state index in [1.54, 1.807) is 54.6 Å². The molecule has 214 valence electrons. The van der Waals surface area contributed by atoms with Crippen LogP contribution in [0.1, 0.15) is 35.2 Å². The van der Waals surface area contributed by atoms with Gasteiger partial charge in [0.2, 0.25) is 0 Å². The minimum absolute atomic E-state index is 0.00726. The van der Waals surface area contributed by atoms with E-state index in [1.807, 2.05) is 43.3 Å². The summed E-state index contributed by atoms with van der Waals surface area (Å²) in [5.74, 6) is -0.414. The molecule has 9 heteroatoms. The first kappa shape index (κ1) is 27.2. The van der Waals surface area contributed by atoms with Crippen molar-refractivity contribution in [3.63, 3.8) is 0 Å². The highest BCUT2D eigenvalue weighted by Crippen LogP contribution is 2.45.